The van der Waals surface area contributed by atoms with Gasteiger partial charge in [0, 0.05) is 6.07 Å². The van der Waals surface area contributed by atoms with Crippen molar-refractivity contribution >= 4 is 11.7 Å². The molecule has 24 heavy (non-hydrogen) atoms. The lowest BCUT2D eigenvalue weighted by atomic mass is 9.99. The first-order chi connectivity index (χ1) is 10.6. The number of hydrogen-bond acceptors (Lipinski definition) is 4. The van der Waals surface area contributed by atoms with Crippen molar-refractivity contribution in [3.63, 3.8) is 0 Å². The molecule has 2 heterocycles. The van der Waals surface area contributed by atoms with Crippen molar-refractivity contribution < 1.29 is 53.6 Å². The standard InChI is InChI=1S/C10H5F9N2O3/c1-3-2-4(21-23-3)20-5(22)6(11,12)9(17)7(13,14)8(15,16)10(18,19)24-9/h2H,1H3,(H,20,21,22). The van der Waals surface area contributed by atoms with E-state index in [1.54, 1.807) is 0 Å². The Kier molecular flexibility index (Phi) is 3.64. The van der Waals surface area contributed by atoms with Crippen molar-refractivity contribution in [3.05, 3.63) is 11.8 Å². The van der Waals surface area contributed by atoms with Crippen molar-refractivity contribution in [3.8, 4) is 0 Å². The van der Waals surface area contributed by atoms with Crippen LogP contribution in [0.3, 0.4) is 0 Å². The minimum atomic E-state index is -6.73. The molecule has 1 N–H and O–H groups in total. The molecule has 0 saturated carbocycles. The van der Waals surface area contributed by atoms with Crippen molar-refractivity contribution in [2.75, 3.05) is 5.32 Å². The molecule has 2 rings (SSSR count). The van der Waals surface area contributed by atoms with Crippen molar-refractivity contribution in [2.45, 2.75) is 36.7 Å². The second-order valence-electron chi connectivity index (χ2n) is 4.71. The van der Waals surface area contributed by atoms with Crippen LogP contribution in [-0.4, -0.2) is 40.8 Å². The Bertz CT molecular complexity index is 674. The van der Waals surface area contributed by atoms with Gasteiger partial charge in [0.15, 0.2) is 5.82 Å². The fourth-order valence-corrected chi connectivity index (χ4v) is 1.72. The molecule has 5 nitrogen and oxygen atoms in total. The number of aromatic nitrogens is 1. The monoisotopic (exact) mass is 372 g/mol. The number of ether oxygens (including phenoxy) is 1. The number of aryl methyl sites for hydroxylation is 1. The van der Waals surface area contributed by atoms with Gasteiger partial charge in [-0.15, -0.1) is 0 Å². The van der Waals surface area contributed by atoms with E-state index in [-0.39, 0.29) is 5.76 Å². The third-order valence-corrected chi connectivity index (χ3v) is 2.99. The maximum absolute atomic E-state index is 13.8. The number of halogens is 9. The van der Waals surface area contributed by atoms with Gasteiger partial charge in [0.2, 0.25) is 0 Å². The molecule has 1 aliphatic rings. The molecule has 1 saturated heterocycles. The van der Waals surface area contributed by atoms with Crippen molar-refractivity contribution in [1.82, 2.24) is 5.16 Å². The predicted octanol–water partition coefficient (Wildman–Crippen LogP) is 3.12. The summed E-state index contributed by atoms with van der Waals surface area (Å²) in [5.74, 6) is -29.7. The summed E-state index contributed by atoms with van der Waals surface area (Å²) in [7, 11) is 0. The van der Waals surface area contributed by atoms with Crippen LogP contribution < -0.4 is 5.32 Å². The van der Waals surface area contributed by atoms with E-state index in [0.29, 0.717) is 0 Å². The molecule has 0 aliphatic carbocycles. The lowest BCUT2D eigenvalue weighted by molar-refractivity contribution is -0.366. The second kappa shape index (κ2) is 4.77. The lowest BCUT2D eigenvalue weighted by Crippen LogP contribution is -2.63. The van der Waals surface area contributed by atoms with Crippen LogP contribution in [-0.2, 0) is 9.53 Å². The van der Waals surface area contributed by atoms with Gasteiger partial charge >= 0.3 is 35.6 Å². The van der Waals surface area contributed by atoms with Crippen LogP contribution in [0.2, 0.25) is 0 Å². The van der Waals surface area contributed by atoms with E-state index in [2.05, 4.69) is 14.4 Å². The van der Waals surface area contributed by atoms with E-state index in [1.807, 2.05) is 0 Å². The molecule has 0 spiro atoms. The van der Waals surface area contributed by atoms with E-state index in [9.17, 15) is 44.3 Å². The maximum Gasteiger partial charge on any atom is 0.428 e. The normalized spacial score (nSPS) is 27.9. The Morgan fingerprint density at radius 1 is 1.12 bits per heavy atom. The van der Waals surface area contributed by atoms with Gasteiger partial charge in [-0.2, -0.15) is 39.5 Å². The zero-order valence-corrected chi connectivity index (χ0v) is 11.2. The van der Waals surface area contributed by atoms with Gasteiger partial charge in [0.05, 0.1) is 0 Å². The zero-order valence-electron chi connectivity index (χ0n) is 11.2. The van der Waals surface area contributed by atoms with E-state index in [4.69, 9.17) is 0 Å². The molecule has 0 radical (unpaired) electrons. The Hall–Kier alpha value is -1.99. The highest BCUT2D eigenvalue weighted by atomic mass is 19.4. The van der Waals surface area contributed by atoms with E-state index in [1.165, 1.54) is 6.92 Å². The van der Waals surface area contributed by atoms with Crippen LogP contribution in [0.25, 0.3) is 0 Å². The molecule has 1 aromatic rings. The molecule has 136 valence electrons. The van der Waals surface area contributed by atoms with Gasteiger partial charge in [-0.25, -0.2) is 0 Å². The summed E-state index contributed by atoms with van der Waals surface area (Å²) >= 11 is 0. The summed E-state index contributed by atoms with van der Waals surface area (Å²) in [6.45, 7) is 1.22. The van der Waals surface area contributed by atoms with Crippen LogP contribution in [0.4, 0.5) is 45.3 Å². The first kappa shape index (κ1) is 18.4. The molecular formula is C10H5F9N2O3. The Labute approximate surface area is 125 Å². The van der Waals surface area contributed by atoms with E-state index >= 15 is 0 Å². The van der Waals surface area contributed by atoms with Crippen LogP contribution in [0.5, 0.6) is 0 Å². The molecule has 1 fully saturated rings. The number of nitrogens with one attached hydrogen (secondary N) is 1. The summed E-state index contributed by atoms with van der Waals surface area (Å²) in [5, 5.41) is 3.99. The maximum atomic E-state index is 13.8. The third kappa shape index (κ3) is 2.08. The minimum Gasteiger partial charge on any atom is -0.360 e. The van der Waals surface area contributed by atoms with Crippen LogP contribution in [0, 0.1) is 6.92 Å². The summed E-state index contributed by atoms with van der Waals surface area (Å²) in [4.78, 5) is 11.3. The quantitative estimate of drug-likeness (QED) is 0.829. The third-order valence-electron chi connectivity index (χ3n) is 2.99. The largest absolute Gasteiger partial charge is 0.428 e. The fourth-order valence-electron chi connectivity index (χ4n) is 1.72. The van der Waals surface area contributed by atoms with Gasteiger partial charge < -0.3 is 9.84 Å². The number of nitrogens with zero attached hydrogens (tertiary/aromatic N) is 1. The molecule has 1 amide bonds. The van der Waals surface area contributed by atoms with Gasteiger partial charge in [-0.05, 0) is 6.92 Å². The van der Waals surface area contributed by atoms with Crippen LogP contribution in [0.1, 0.15) is 5.76 Å². The molecular weight excluding hydrogens is 367 g/mol. The Balaban J connectivity index is 2.42. The topological polar surface area (TPSA) is 64.4 Å². The van der Waals surface area contributed by atoms with Gasteiger partial charge in [-0.3, -0.25) is 9.53 Å². The highest BCUT2D eigenvalue weighted by molar-refractivity contribution is 5.96. The average molecular weight is 372 g/mol. The van der Waals surface area contributed by atoms with E-state index in [0.717, 1.165) is 11.4 Å². The smallest absolute Gasteiger partial charge is 0.360 e. The Morgan fingerprint density at radius 2 is 1.67 bits per heavy atom. The predicted molar refractivity (Wildman–Crippen MR) is 54.6 cm³/mol. The first-order valence-electron chi connectivity index (χ1n) is 5.75. The number of carbonyl (C=O) groups excluding carboxylic acids is 1. The highest BCUT2D eigenvalue weighted by Crippen LogP contribution is 2.64. The number of alkyl halides is 9. The number of rotatable bonds is 3. The van der Waals surface area contributed by atoms with Crippen LogP contribution >= 0.6 is 0 Å². The number of carbonyl (C=O) groups is 1. The number of anilines is 1. The van der Waals surface area contributed by atoms with Gasteiger partial charge in [0.25, 0.3) is 0 Å². The molecule has 1 aliphatic heterocycles. The molecule has 0 bridgehead atoms. The minimum absolute atomic E-state index is 0.0657. The molecule has 1 unspecified atom stereocenters. The summed E-state index contributed by atoms with van der Waals surface area (Å²) in [5.41, 5.74) is 0. The number of hydrogen-bond donors (Lipinski definition) is 1. The van der Waals surface area contributed by atoms with E-state index < -0.39 is 41.5 Å². The SMILES string of the molecule is Cc1cc(NC(=O)C(F)(F)C2(F)OC(F)(F)C(F)(F)C2(F)F)no1. The summed E-state index contributed by atoms with van der Waals surface area (Å²) in [6, 6.07) is 0.774. The van der Waals surface area contributed by atoms with Gasteiger partial charge in [0.1, 0.15) is 5.76 Å². The Morgan fingerprint density at radius 3 is 2.04 bits per heavy atom. The molecule has 14 heteroatoms. The first-order valence-corrected chi connectivity index (χ1v) is 5.75. The second-order valence-corrected chi connectivity index (χ2v) is 4.71. The summed E-state index contributed by atoms with van der Waals surface area (Å²) < 4.78 is 126. The summed E-state index contributed by atoms with van der Waals surface area (Å²) in [6.07, 6.45) is -6.29. The fraction of sp³-hybridized carbons (Fsp3) is 0.600. The van der Waals surface area contributed by atoms with Crippen molar-refractivity contribution in [1.29, 1.82) is 0 Å². The molecule has 1 aromatic heterocycles. The van der Waals surface area contributed by atoms with Crippen molar-refractivity contribution in [2.24, 2.45) is 0 Å². The molecule has 1 atom stereocenters. The lowest BCUT2D eigenvalue weighted by Gasteiger charge is -2.31. The zero-order chi connectivity index (χ0) is 18.8. The highest BCUT2D eigenvalue weighted by Gasteiger charge is 2.96. The number of amides is 1. The van der Waals surface area contributed by atoms with Crippen LogP contribution in [0.15, 0.2) is 10.6 Å². The van der Waals surface area contributed by atoms with Gasteiger partial charge in [-0.1, -0.05) is 5.16 Å². The average Bonchev–Trinajstić information content (AvgIpc) is 2.85. The molecule has 0 aromatic carbocycles.